The van der Waals surface area contributed by atoms with Crippen molar-refractivity contribution in [3.63, 3.8) is 0 Å². The van der Waals surface area contributed by atoms with Crippen LogP contribution < -0.4 is 5.32 Å². The zero-order valence-electron chi connectivity index (χ0n) is 19.4. The standard InChI is InChI=1S/C24H35N3O3/c1-16-11-17(2)24(18(3)12-16)25-23(29)15-26(6)14-22(28)21-13-19(4)27(20(21)5)9-8-10-30-7/h11-13H,8-10,14-15H2,1-7H3,(H,25,29). The smallest absolute Gasteiger partial charge is 0.238 e. The second-order valence-corrected chi connectivity index (χ2v) is 8.20. The van der Waals surface area contributed by atoms with Crippen LogP contribution in [0.2, 0.25) is 0 Å². The second-order valence-electron chi connectivity index (χ2n) is 8.20. The number of aryl methyl sites for hydroxylation is 4. The summed E-state index contributed by atoms with van der Waals surface area (Å²) in [5.74, 6) is -0.0931. The van der Waals surface area contributed by atoms with Gasteiger partial charge in [0, 0.05) is 42.9 Å². The van der Waals surface area contributed by atoms with Crippen LogP contribution >= 0.6 is 0 Å². The largest absolute Gasteiger partial charge is 0.385 e. The van der Waals surface area contributed by atoms with Crippen molar-refractivity contribution >= 4 is 17.4 Å². The maximum atomic E-state index is 12.8. The number of ether oxygens (including phenoxy) is 1. The van der Waals surface area contributed by atoms with Crippen molar-refractivity contribution < 1.29 is 14.3 Å². The molecule has 0 fully saturated rings. The van der Waals surface area contributed by atoms with E-state index in [1.165, 1.54) is 5.56 Å². The van der Waals surface area contributed by atoms with E-state index in [-0.39, 0.29) is 24.8 Å². The van der Waals surface area contributed by atoms with Gasteiger partial charge in [-0.15, -0.1) is 0 Å². The molecule has 0 atom stereocenters. The molecule has 1 aromatic heterocycles. The summed E-state index contributed by atoms with van der Waals surface area (Å²) < 4.78 is 7.28. The van der Waals surface area contributed by atoms with Gasteiger partial charge in [0.1, 0.15) is 0 Å². The lowest BCUT2D eigenvalue weighted by Gasteiger charge is -2.18. The molecule has 2 rings (SSSR count). The molecule has 0 aliphatic heterocycles. The van der Waals surface area contributed by atoms with Gasteiger partial charge in [-0.25, -0.2) is 0 Å². The van der Waals surface area contributed by atoms with Crippen molar-refractivity contribution in [2.24, 2.45) is 0 Å². The van der Waals surface area contributed by atoms with E-state index in [1.807, 2.05) is 40.7 Å². The van der Waals surface area contributed by atoms with Crippen molar-refractivity contribution in [3.05, 3.63) is 51.8 Å². The lowest BCUT2D eigenvalue weighted by Crippen LogP contribution is -2.34. The van der Waals surface area contributed by atoms with Crippen LogP contribution in [-0.4, -0.2) is 55.0 Å². The molecule has 30 heavy (non-hydrogen) atoms. The van der Waals surface area contributed by atoms with Crippen LogP contribution in [0.15, 0.2) is 18.2 Å². The average molecular weight is 414 g/mol. The summed E-state index contributed by atoms with van der Waals surface area (Å²) in [6.45, 7) is 11.9. The molecule has 6 nitrogen and oxygen atoms in total. The van der Waals surface area contributed by atoms with Crippen LogP contribution in [0, 0.1) is 34.6 Å². The van der Waals surface area contributed by atoms with Crippen LogP contribution in [0.4, 0.5) is 5.69 Å². The summed E-state index contributed by atoms with van der Waals surface area (Å²) in [5, 5.41) is 3.00. The van der Waals surface area contributed by atoms with Gasteiger partial charge in [-0.3, -0.25) is 14.5 Å². The van der Waals surface area contributed by atoms with E-state index < -0.39 is 0 Å². The maximum Gasteiger partial charge on any atom is 0.238 e. The van der Waals surface area contributed by atoms with E-state index >= 15 is 0 Å². The van der Waals surface area contributed by atoms with Gasteiger partial charge in [-0.1, -0.05) is 17.7 Å². The Bertz CT molecular complexity index is 892. The Kier molecular flexibility index (Phi) is 8.38. The number of ketones is 1. The third kappa shape index (κ3) is 6.03. The van der Waals surface area contributed by atoms with E-state index in [9.17, 15) is 9.59 Å². The normalized spacial score (nSPS) is 11.2. The number of amides is 1. The first kappa shape index (κ1) is 23.8. The van der Waals surface area contributed by atoms with Gasteiger partial charge in [0.25, 0.3) is 0 Å². The van der Waals surface area contributed by atoms with Crippen LogP contribution in [-0.2, 0) is 16.1 Å². The lowest BCUT2D eigenvalue weighted by atomic mass is 10.1. The number of methoxy groups -OCH3 is 1. The van der Waals surface area contributed by atoms with Crippen LogP contribution in [0.1, 0.15) is 44.9 Å². The summed E-state index contributed by atoms with van der Waals surface area (Å²) in [7, 11) is 3.49. The van der Waals surface area contributed by atoms with Crippen molar-refractivity contribution in [1.29, 1.82) is 0 Å². The van der Waals surface area contributed by atoms with Gasteiger partial charge in [0.2, 0.25) is 5.91 Å². The SMILES string of the molecule is COCCCn1c(C)cc(C(=O)CN(C)CC(=O)Nc2c(C)cc(C)cc2C)c1C. The van der Waals surface area contributed by atoms with Crippen LogP contribution in [0.25, 0.3) is 0 Å². The number of nitrogens with zero attached hydrogens (tertiary/aromatic N) is 2. The molecular formula is C24H35N3O3. The Morgan fingerprint density at radius 3 is 2.27 bits per heavy atom. The van der Waals surface area contributed by atoms with E-state index in [0.29, 0.717) is 6.61 Å². The molecule has 0 aliphatic carbocycles. The third-order valence-electron chi connectivity index (χ3n) is 5.37. The molecule has 164 valence electrons. The highest BCUT2D eigenvalue weighted by Gasteiger charge is 2.18. The molecule has 2 aromatic rings. The van der Waals surface area contributed by atoms with Crippen molar-refractivity contribution in [2.45, 2.75) is 47.6 Å². The molecular weight excluding hydrogens is 378 g/mol. The molecule has 0 radical (unpaired) electrons. The molecule has 6 heteroatoms. The van der Waals surface area contributed by atoms with E-state index in [0.717, 1.165) is 46.7 Å². The molecule has 0 aliphatic rings. The molecule has 0 bridgehead atoms. The minimum Gasteiger partial charge on any atom is -0.385 e. The fraction of sp³-hybridized carbons (Fsp3) is 0.500. The summed E-state index contributed by atoms with van der Waals surface area (Å²) in [6, 6.07) is 6.05. The zero-order chi connectivity index (χ0) is 22.4. The molecule has 1 aromatic carbocycles. The summed E-state index contributed by atoms with van der Waals surface area (Å²) in [4.78, 5) is 27.1. The van der Waals surface area contributed by atoms with E-state index in [2.05, 4.69) is 22.0 Å². The highest BCUT2D eigenvalue weighted by molar-refractivity contribution is 5.99. The van der Waals surface area contributed by atoms with Crippen molar-refractivity contribution in [3.8, 4) is 0 Å². The highest BCUT2D eigenvalue weighted by atomic mass is 16.5. The number of hydrogen-bond acceptors (Lipinski definition) is 4. The van der Waals surface area contributed by atoms with Gasteiger partial charge in [-0.2, -0.15) is 0 Å². The Labute approximate surface area is 180 Å². The fourth-order valence-electron chi connectivity index (χ4n) is 3.98. The Morgan fingerprint density at radius 1 is 1.03 bits per heavy atom. The van der Waals surface area contributed by atoms with Crippen LogP contribution in [0.3, 0.4) is 0 Å². The van der Waals surface area contributed by atoms with Crippen molar-refractivity contribution in [2.75, 3.05) is 39.2 Å². The molecule has 0 saturated heterocycles. The molecule has 1 amide bonds. The number of anilines is 1. The van der Waals surface area contributed by atoms with Gasteiger partial charge in [0.05, 0.1) is 13.1 Å². The first-order chi connectivity index (χ1) is 14.1. The number of benzene rings is 1. The maximum absolute atomic E-state index is 12.8. The highest BCUT2D eigenvalue weighted by Crippen LogP contribution is 2.22. The molecule has 1 heterocycles. The van der Waals surface area contributed by atoms with Crippen molar-refractivity contribution in [1.82, 2.24) is 9.47 Å². The van der Waals surface area contributed by atoms with Gasteiger partial charge >= 0.3 is 0 Å². The topological polar surface area (TPSA) is 63.6 Å². The molecule has 0 unspecified atom stereocenters. The summed E-state index contributed by atoms with van der Waals surface area (Å²) in [5.41, 5.74) is 6.87. The lowest BCUT2D eigenvalue weighted by molar-refractivity contribution is -0.116. The van der Waals surface area contributed by atoms with Gasteiger partial charge < -0.3 is 14.6 Å². The number of carbonyl (C=O) groups excluding carboxylic acids is 2. The Hall–Kier alpha value is -2.44. The Balaban J connectivity index is 1.98. The quantitative estimate of drug-likeness (QED) is 0.475. The predicted octanol–water partition coefficient (Wildman–Crippen LogP) is 3.82. The minimum absolute atomic E-state index is 0.0269. The second kappa shape index (κ2) is 10.5. The number of aromatic nitrogens is 1. The average Bonchev–Trinajstić information content (AvgIpc) is 2.93. The van der Waals surface area contributed by atoms with Gasteiger partial charge in [0.15, 0.2) is 5.78 Å². The monoisotopic (exact) mass is 413 g/mol. The summed E-state index contributed by atoms with van der Waals surface area (Å²) in [6.07, 6.45) is 0.901. The zero-order valence-corrected chi connectivity index (χ0v) is 19.4. The number of carbonyl (C=O) groups is 2. The predicted molar refractivity (Wildman–Crippen MR) is 122 cm³/mol. The molecule has 0 saturated carbocycles. The number of rotatable bonds is 10. The summed E-state index contributed by atoms with van der Waals surface area (Å²) >= 11 is 0. The molecule has 1 N–H and O–H groups in total. The fourth-order valence-corrected chi connectivity index (χ4v) is 3.98. The van der Waals surface area contributed by atoms with Crippen LogP contribution in [0.5, 0.6) is 0 Å². The first-order valence-electron chi connectivity index (χ1n) is 10.4. The minimum atomic E-state index is -0.120. The number of hydrogen-bond donors (Lipinski definition) is 1. The van der Waals surface area contributed by atoms with Gasteiger partial charge in [-0.05, 0) is 65.3 Å². The van der Waals surface area contributed by atoms with E-state index in [1.54, 1.807) is 19.1 Å². The number of Topliss-reactive ketones (excluding diaryl/α,β-unsaturated/α-hetero) is 1. The Morgan fingerprint density at radius 2 is 1.67 bits per heavy atom. The first-order valence-corrected chi connectivity index (χ1v) is 10.4. The third-order valence-corrected chi connectivity index (χ3v) is 5.37. The number of likely N-dealkylation sites (N-methyl/N-ethyl adjacent to an activating group) is 1. The molecule has 0 spiro atoms. The van der Waals surface area contributed by atoms with E-state index in [4.69, 9.17) is 4.74 Å². The number of nitrogens with one attached hydrogen (secondary N) is 1.